The van der Waals surface area contributed by atoms with E-state index in [-0.39, 0.29) is 12.7 Å². The second-order valence-electron chi connectivity index (χ2n) is 7.23. The number of morpholine rings is 1. The molecule has 3 unspecified atom stereocenters. The maximum atomic E-state index is 13.0. The molecular weight excluding hydrogens is 375 g/mol. The predicted octanol–water partition coefficient (Wildman–Crippen LogP) is 2.56. The minimum absolute atomic E-state index is 0.0596. The van der Waals surface area contributed by atoms with Crippen molar-refractivity contribution in [2.24, 2.45) is 0 Å². The lowest BCUT2D eigenvalue weighted by molar-refractivity contribution is -0.137. The Morgan fingerprint density at radius 1 is 1.43 bits per heavy atom. The molecule has 2 heterocycles. The molecule has 2 fully saturated rings. The summed E-state index contributed by atoms with van der Waals surface area (Å²) in [5, 5.41) is 5.44. The zero-order valence-corrected chi connectivity index (χ0v) is 15.8. The zero-order valence-electron chi connectivity index (χ0n) is 15.8. The van der Waals surface area contributed by atoms with Gasteiger partial charge in [-0.05, 0) is 37.1 Å². The number of amides is 2. The van der Waals surface area contributed by atoms with E-state index in [1.807, 2.05) is 0 Å². The van der Waals surface area contributed by atoms with E-state index >= 15 is 0 Å². The molecule has 2 saturated heterocycles. The Kier molecular flexibility index (Phi) is 6.79. The molecule has 6 nitrogen and oxygen atoms in total. The van der Waals surface area contributed by atoms with Gasteiger partial charge in [-0.2, -0.15) is 13.2 Å². The summed E-state index contributed by atoms with van der Waals surface area (Å²) in [4.78, 5) is 14.7. The molecule has 0 bridgehead atoms. The summed E-state index contributed by atoms with van der Waals surface area (Å²) in [6.07, 6.45) is -2.21. The Bertz CT molecular complexity index is 671. The van der Waals surface area contributed by atoms with Crippen LogP contribution in [0.1, 0.15) is 30.0 Å². The number of alkyl halides is 3. The third-order valence-corrected chi connectivity index (χ3v) is 5.21. The number of hydrogen-bond acceptors (Lipinski definition) is 4. The third kappa shape index (κ3) is 5.36. The van der Waals surface area contributed by atoms with Gasteiger partial charge in [0, 0.05) is 26.2 Å². The smallest absolute Gasteiger partial charge is 0.382 e. The van der Waals surface area contributed by atoms with Crippen LogP contribution in [0.3, 0.4) is 0 Å². The fraction of sp³-hybridized carbons (Fsp3) is 0.632. The molecular formula is C19H26F3N3O3. The van der Waals surface area contributed by atoms with Crippen LogP contribution in [0.4, 0.5) is 18.0 Å². The largest absolute Gasteiger partial charge is 0.416 e. The van der Waals surface area contributed by atoms with Crippen molar-refractivity contribution in [2.45, 2.75) is 37.2 Å². The average molecular weight is 401 g/mol. The lowest BCUT2D eigenvalue weighted by Crippen LogP contribution is -2.51. The number of nitrogens with one attached hydrogen (secondary N) is 2. The monoisotopic (exact) mass is 401 g/mol. The van der Waals surface area contributed by atoms with Gasteiger partial charge in [0.2, 0.25) is 0 Å². The van der Waals surface area contributed by atoms with Crippen molar-refractivity contribution in [1.82, 2.24) is 15.5 Å². The molecule has 0 aromatic heterocycles. The lowest BCUT2D eigenvalue weighted by Gasteiger charge is -2.35. The van der Waals surface area contributed by atoms with Crippen molar-refractivity contribution < 1.29 is 27.4 Å². The maximum Gasteiger partial charge on any atom is 0.416 e. The number of benzene rings is 1. The number of halogens is 3. The van der Waals surface area contributed by atoms with Gasteiger partial charge in [-0.15, -0.1) is 0 Å². The van der Waals surface area contributed by atoms with Gasteiger partial charge in [-0.1, -0.05) is 12.1 Å². The molecule has 2 aliphatic rings. The molecule has 0 radical (unpaired) electrons. The Morgan fingerprint density at radius 3 is 3.00 bits per heavy atom. The second kappa shape index (κ2) is 9.11. The summed E-state index contributed by atoms with van der Waals surface area (Å²) in [7, 11) is 1.43. The van der Waals surface area contributed by atoms with Crippen LogP contribution in [0.15, 0.2) is 24.3 Å². The molecule has 1 aromatic rings. The number of fused-ring (bicyclic) bond motifs is 1. The Morgan fingerprint density at radius 2 is 2.25 bits per heavy atom. The van der Waals surface area contributed by atoms with Gasteiger partial charge in [0.15, 0.2) is 0 Å². The molecule has 0 aliphatic carbocycles. The first kappa shape index (κ1) is 20.9. The van der Waals surface area contributed by atoms with Crippen molar-refractivity contribution in [3.63, 3.8) is 0 Å². The highest BCUT2D eigenvalue weighted by Crippen LogP contribution is 2.30. The first-order valence-electron chi connectivity index (χ1n) is 9.43. The highest BCUT2D eigenvalue weighted by Gasteiger charge is 2.33. The first-order valence-corrected chi connectivity index (χ1v) is 9.43. The number of ether oxygens (including phenoxy) is 2. The van der Waals surface area contributed by atoms with E-state index < -0.39 is 23.8 Å². The highest BCUT2D eigenvalue weighted by molar-refractivity contribution is 5.74. The summed E-state index contributed by atoms with van der Waals surface area (Å²) in [5.41, 5.74) is -0.426. The fourth-order valence-electron chi connectivity index (χ4n) is 3.74. The number of carbonyl (C=O) groups is 1. The summed E-state index contributed by atoms with van der Waals surface area (Å²) in [5.74, 6) is 0. The van der Waals surface area contributed by atoms with Crippen LogP contribution in [0, 0.1) is 0 Å². The van der Waals surface area contributed by atoms with Crippen molar-refractivity contribution in [1.29, 1.82) is 0 Å². The Balaban J connectivity index is 1.54. The van der Waals surface area contributed by atoms with Crippen molar-refractivity contribution in [3.05, 3.63) is 35.4 Å². The van der Waals surface area contributed by atoms with Gasteiger partial charge in [0.05, 0.1) is 30.9 Å². The van der Waals surface area contributed by atoms with Crippen LogP contribution < -0.4 is 10.6 Å². The van der Waals surface area contributed by atoms with Crippen molar-refractivity contribution in [2.75, 3.05) is 40.0 Å². The van der Waals surface area contributed by atoms with Crippen molar-refractivity contribution >= 4 is 6.03 Å². The lowest BCUT2D eigenvalue weighted by atomic mass is 10.0. The van der Waals surface area contributed by atoms with Crippen LogP contribution in [0.25, 0.3) is 0 Å². The molecule has 0 saturated carbocycles. The van der Waals surface area contributed by atoms with Crippen LogP contribution in [-0.2, 0) is 15.7 Å². The molecule has 3 atom stereocenters. The number of nitrogens with zero attached hydrogens (tertiary/aromatic N) is 1. The predicted molar refractivity (Wildman–Crippen MR) is 96.9 cm³/mol. The van der Waals surface area contributed by atoms with Crippen LogP contribution >= 0.6 is 0 Å². The van der Waals surface area contributed by atoms with E-state index in [9.17, 15) is 18.0 Å². The molecule has 0 spiro atoms. The van der Waals surface area contributed by atoms with Gasteiger partial charge in [-0.3, -0.25) is 4.90 Å². The third-order valence-electron chi connectivity index (χ3n) is 5.21. The number of methoxy groups -OCH3 is 1. The van der Waals surface area contributed by atoms with E-state index in [4.69, 9.17) is 9.47 Å². The zero-order chi connectivity index (χ0) is 20.1. The van der Waals surface area contributed by atoms with Crippen LogP contribution in [0.5, 0.6) is 0 Å². The summed E-state index contributed by atoms with van der Waals surface area (Å²) < 4.78 is 49.7. The number of urea groups is 1. The van der Waals surface area contributed by atoms with Gasteiger partial charge in [0.1, 0.15) is 0 Å². The SMILES string of the molecule is COCC(NC(=O)NCC1CN2CCCC2CO1)c1cccc(C(F)(F)F)c1. The van der Waals surface area contributed by atoms with Crippen LogP contribution in [0.2, 0.25) is 0 Å². The topological polar surface area (TPSA) is 62.8 Å². The normalized spacial score (nSPS) is 23.9. The molecule has 3 rings (SSSR count). The van der Waals surface area contributed by atoms with E-state index in [1.165, 1.54) is 25.7 Å². The first-order chi connectivity index (χ1) is 13.4. The number of hydrogen-bond donors (Lipinski definition) is 2. The molecule has 2 amide bonds. The van der Waals surface area contributed by atoms with Gasteiger partial charge in [-0.25, -0.2) is 4.79 Å². The molecule has 156 valence electrons. The van der Waals surface area contributed by atoms with E-state index in [1.54, 1.807) is 0 Å². The summed E-state index contributed by atoms with van der Waals surface area (Å²) >= 11 is 0. The number of rotatable bonds is 6. The molecule has 2 aliphatic heterocycles. The van der Waals surface area contributed by atoms with E-state index in [0.29, 0.717) is 24.8 Å². The minimum Gasteiger partial charge on any atom is -0.382 e. The Labute approximate surface area is 162 Å². The summed E-state index contributed by atoms with van der Waals surface area (Å²) in [6, 6.07) is 4.21. The molecule has 28 heavy (non-hydrogen) atoms. The standard InChI is InChI=1S/C19H26F3N3O3/c1-27-12-17(13-4-2-5-14(8-13)19(20,21)22)24-18(26)23-9-16-10-25-7-3-6-15(25)11-28-16/h2,4-5,8,15-17H,3,6-7,9-12H2,1H3,(H2,23,24,26). The highest BCUT2D eigenvalue weighted by atomic mass is 19.4. The summed E-state index contributed by atoms with van der Waals surface area (Å²) in [6.45, 7) is 2.91. The molecule has 2 N–H and O–H groups in total. The average Bonchev–Trinajstić information content (AvgIpc) is 3.13. The van der Waals surface area contributed by atoms with Crippen LogP contribution in [-0.4, -0.2) is 63.0 Å². The second-order valence-corrected chi connectivity index (χ2v) is 7.23. The fourth-order valence-corrected chi connectivity index (χ4v) is 3.74. The van der Waals surface area contributed by atoms with Gasteiger partial charge in [0.25, 0.3) is 0 Å². The maximum absolute atomic E-state index is 13.0. The van der Waals surface area contributed by atoms with E-state index in [2.05, 4.69) is 15.5 Å². The Hall–Kier alpha value is -1.84. The quantitative estimate of drug-likeness (QED) is 0.769. The number of carbonyl (C=O) groups excluding carboxylic acids is 1. The van der Waals surface area contributed by atoms with E-state index in [0.717, 1.165) is 31.6 Å². The van der Waals surface area contributed by atoms with Crippen molar-refractivity contribution in [3.8, 4) is 0 Å². The molecule has 9 heteroatoms. The molecule has 1 aromatic carbocycles. The van der Waals surface area contributed by atoms with Gasteiger partial charge >= 0.3 is 12.2 Å². The van der Waals surface area contributed by atoms with Gasteiger partial charge < -0.3 is 20.1 Å². The minimum atomic E-state index is -4.44.